The highest BCUT2D eigenvalue weighted by molar-refractivity contribution is 5.71. The molecule has 0 aromatic heterocycles. The summed E-state index contributed by atoms with van der Waals surface area (Å²) in [4.78, 5) is 38.4. The summed E-state index contributed by atoms with van der Waals surface area (Å²) in [6.45, 7) is 6.21. The molecule has 0 fully saturated rings. The summed E-state index contributed by atoms with van der Waals surface area (Å²) >= 11 is 0. The first-order chi connectivity index (χ1) is 41.0. The average Bonchev–Trinajstić information content (AvgIpc) is 3.49. The van der Waals surface area contributed by atoms with Gasteiger partial charge in [-0.05, 0) is 167 Å². The van der Waals surface area contributed by atoms with Gasteiger partial charge in [0.25, 0.3) is 0 Å². The second-order valence-electron chi connectivity index (χ2n) is 20.5. The van der Waals surface area contributed by atoms with E-state index in [1.807, 2.05) is 0 Å². The average molecular weight is 1140 g/mol. The molecule has 0 rings (SSSR count). The maximum atomic E-state index is 12.9. The molecule has 1 unspecified atom stereocenters. The lowest BCUT2D eigenvalue weighted by molar-refractivity contribution is -0.167. The third-order valence-corrected chi connectivity index (χ3v) is 12.8. The molecule has 6 nitrogen and oxygen atoms in total. The number of carbonyl (C=O) groups is 3. The largest absolute Gasteiger partial charge is 0.462 e. The Morgan fingerprint density at radius 3 is 0.699 bits per heavy atom. The molecule has 460 valence electrons. The Bertz CT molecular complexity index is 2030. The van der Waals surface area contributed by atoms with E-state index in [4.69, 9.17) is 14.2 Å². The minimum atomic E-state index is -0.837. The van der Waals surface area contributed by atoms with Crippen molar-refractivity contribution in [2.24, 2.45) is 0 Å². The van der Waals surface area contributed by atoms with Crippen LogP contribution in [0.15, 0.2) is 207 Å². The van der Waals surface area contributed by atoms with Crippen LogP contribution in [0.2, 0.25) is 0 Å². The first-order valence-corrected chi connectivity index (χ1v) is 32.6. The minimum absolute atomic E-state index is 0.127. The fourth-order valence-corrected chi connectivity index (χ4v) is 8.00. The molecule has 0 N–H and O–H groups in total. The summed E-state index contributed by atoms with van der Waals surface area (Å²) < 4.78 is 16.9. The van der Waals surface area contributed by atoms with Crippen LogP contribution in [0.5, 0.6) is 0 Å². The summed E-state index contributed by atoms with van der Waals surface area (Å²) in [7, 11) is 0. The topological polar surface area (TPSA) is 78.9 Å². The Morgan fingerprint density at radius 1 is 0.241 bits per heavy atom. The van der Waals surface area contributed by atoms with Crippen molar-refractivity contribution in [1.82, 2.24) is 0 Å². The van der Waals surface area contributed by atoms with E-state index >= 15 is 0 Å². The predicted molar refractivity (Wildman–Crippen MR) is 361 cm³/mol. The first kappa shape index (κ1) is 77.0. The molecule has 0 saturated heterocycles. The monoisotopic (exact) mass is 1140 g/mol. The molecule has 1 atom stereocenters. The van der Waals surface area contributed by atoms with Crippen LogP contribution in [0.25, 0.3) is 0 Å². The van der Waals surface area contributed by atoms with Gasteiger partial charge in [-0.15, -0.1) is 0 Å². The molecule has 0 heterocycles. The minimum Gasteiger partial charge on any atom is -0.462 e. The van der Waals surface area contributed by atoms with Crippen LogP contribution in [-0.2, 0) is 28.6 Å². The van der Waals surface area contributed by atoms with Gasteiger partial charge in [-0.25, -0.2) is 0 Å². The highest BCUT2D eigenvalue weighted by atomic mass is 16.6. The highest BCUT2D eigenvalue weighted by Gasteiger charge is 2.19. The lowest BCUT2D eigenvalue weighted by Crippen LogP contribution is -2.30. The van der Waals surface area contributed by atoms with Gasteiger partial charge in [-0.2, -0.15) is 0 Å². The molecule has 0 aliphatic heterocycles. The SMILES string of the molecule is CC/C=C\C/C=C\C/C=C\C/C=C\C/C=C\C/C=C\CCCCCCC(=O)OCC(COC(=O)CCCCCCC/C=C\C/C=C\C/C=C\C/C=C\C/C=C\CC)OC(=O)CCCC/C=C\C/C=C\C/C=C\C/C=C\C/C=C\C/C=C\CC. The molecule has 0 bridgehead atoms. The lowest BCUT2D eigenvalue weighted by atomic mass is 10.1. The zero-order valence-corrected chi connectivity index (χ0v) is 52.6. The third-order valence-electron chi connectivity index (χ3n) is 12.8. The smallest absolute Gasteiger partial charge is 0.306 e. The second kappa shape index (κ2) is 68.5. The molecule has 0 saturated carbocycles. The zero-order chi connectivity index (χ0) is 59.9. The van der Waals surface area contributed by atoms with Crippen LogP contribution in [0.1, 0.15) is 239 Å². The molecule has 0 spiro atoms. The van der Waals surface area contributed by atoms with Gasteiger partial charge in [0.05, 0.1) is 0 Å². The fourth-order valence-electron chi connectivity index (χ4n) is 8.00. The van der Waals surface area contributed by atoms with Gasteiger partial charge in [0.1, 0.15) is 13.2 Å². The van der Waals surface area contributed by atoms with Crippen molar-refractivity contribution >= 4 is 17.9 Å². The van der Waals surface area contributed by atoms with Gasteiger partial charge in [0.15, 0.2) is 6.10 Å². The van der Waals surface area contributed by atoms with E-state index < -0.39 is 6.10 Å². The van der Waals surface area contributed by atoms with Crippen molar-refractivity contribution in [3.05, 3.63) is 207 Å². The van der Waals surface area contributed by atoms with E-state index in [1.54, 1.807) is 0 Å². The maximum absolute atomic E-state index is 12.9. The van der Waals surface area contributed by atoms with E-state index in [1.165, 1.54) is 0 Å². The summed E-state index contributed by atoms with van der Waals surface area (Å²) in [6.07, 6.45) is 105. The van der Waals surface area contributed by atoms with Crippen molar-refractivity contribution in [3.8, 4) is 0 Å². The van der Waals surface area contributed by atoms with Crippen LogP contribution in [0, 0.1) is 0 Å². The Balaban J connectivity index is 4.62. The molecular weight excluding hydrogens is 1020 g/mol. The Morgan fingerprint density at radius 2 is 0.434 bits per heavy atom. The molecule has 0 amide bonds. The quantitative estimate of drug-likeness (QED) is 0.0261. The van der Waals surface area contributed by atoms with E-state index in [-0.39, 0.29) is 37.5 Å². The van der Waals surface area contributed by atoms with Crippen LogP contribution in [-0.4, -0.2) is 37.2 Å². The number of hydrogen-bond donors (Lipinski definition) is 0. The molecule has 0 aliphatic rings. The molecule has 0 aromatic rings. The molecule has 0 aliphatic carbocycles. The molecule has 83 heavy (non-hydrogen) atoms. The van der Waals surface area contributed by atoms with E-state index in [2.05, 4.69) is 227 Å². The number of ether oxygens (including phenoxy) is 3. The predicted octanol–water partition coefficient (Wildman–Crippen LogP) is 22.8. The van der Waals surface area contributed by atoms with Crippen molar-refractivity contribution in [2.75, 3.05) is 13.2 Å². The van der Waals surface area contributed by atoms with Gasteiger partial charge in [0.2, 0.25) is 0 Å². The normalized spacial score (nSPS) is 13.5. The lowest BCUT2D eigenvalue weighted by Gasteiger charge is -2.18. The van der Waals surface area contributed by atoms with E-state index in [0.29, 0.717) is 19.3 Å². The number of carbonyl (C=O) groups excluding carboxylic acids is 3. The van der Waals surface area contributed by atoms with Crippen LogP contribution in [0.4, 0.5) is 0 Å². The number of unbranched alkanes of at least 4 members (excludes halogenated alkanes) is 11. The standard InChI is InChI=1S/C77H116O6/c1-4-7-10-13-16-19-22-25-28-31-34-37-38-41-43-46-49-52-55-58-61-64-67-70-76(79)82-73-74(83-77(80)71-68-65-62-59-56-53-50-47-44-40-36-33-30-27-24-21-18-15-12-9-6-3)72-81-75(78)69-66-63-60-57-54-51-48-45-42-39-35-32-29-26-23-20-17-14-11-8-5-2/h7-12,16-21,25-30,34-37,39-41,43,45,47-50,52,56,59,74H,4-6,13-15,22-24,31-33,38,42,44,46,51,53-55,57-58,60-73H2,1-3H3/b10-7-,11-8-,12-9-,19-16-,20-17-,21-18-,28-25-,29-26-,30-27-,37-34-,39-35-,40-36-,43-41-,48-45-,50-47-,52-49-,59-56-. The van der Waals surface area contributed by atoms with Crippen molar-refractivity contribution < 1.29 is 28.6 Å². The van der Waals surface area contributed by atoms with Gasteiger partial charge in [0, 0.05) is 19.3 Å². The number of esters is 3. The number of allylic oxidation sites excluding steroid dienone is 34. The molecule has 0 radical (unpaired) electrons. The number of hydrogen-bond acceptors (Lipinski definition) is 6. The Kier molecular flexibility index (Phi) is 63.5. The summed E-state index contributed by atoms with van der Waals surface area (Å²) in [6, 6.07) is 0. The van der Waals surface area contributed by atoms with Gasteiger partial charge < -0.3 is 14.2 Å². The number of rotatable bonds is 56. The summed E-state index contributed by atoms with van der Waals surface area (Å²) in [5.41, 5.74) is 0. The summed E-state index contributed by atoms with van der Waals surface area (Å²) in [5, 5.41) is 0. The van der Waals surface area contributed by atoms with Crippen molar-refractivity contribution in [3.63, 3.8) is 0 Å². The van der Waals surface area contributed by atoms with E-state index in [0.717, 1.165) is 193 Å². The van der Waals surface area contributed by atoms with Crippen molar-refractivity contribution in [1.29, 1.82) is 0 Å². The third kappa shape index (κ3) is 66.7. The van der Waals surface area contributed by atoms with Crippen LogP contribution >= 0.6 is 0 Å². The maximum Gasteiger partial charge on any atom is 0.306 e. The second-order valence-corrected chi connectivity index (χ2v) is 20.5. The first-order valence-electron chi connectivity index (χ1n) is 32.6. The summed E-state index contributed by atoms with van der Waals surface area (Å²) in [5.74, 6) is -1.02. The van der Waals surface area contributed by atoms with E-state index in [9.17, 15) is 14.4 Å². The Labute approximate surface area is 509 Å². The molecule has 6 heteroatoms. The van der Waals surface area contributed by atoms with Gasteiger partial charge in [-0.3, -0.25) is 14.4 Å². The molecular formula is C77H116O6. The van der Waals surface area contributed by atoms with Crippen LogP contribution < -0.4 is 0 Å². The van der Waals surface area contributed by atoms with Gasteiger partial charge >= 0.3 is 17.9 Å². The van der Waals surface area contributed by atoms with Gasteiger partial charge in [-0.1, -0.05) is 259 Å². The van der Waals surface area contributed by atoms with Crippen molar-refractivity contribution in [2.45, 2.75) is 245 Å². The highest BCUT2D eigenvalue weighted by Crippen LogP contribution is 2.12. The molecule has 0 aromatic carbocycles. The Hall–Kier alpha value is -6.01. The fraction of sp³-hybridized carbons (Fsp3) is 0.519. The zero-order valence-electron chi connectivity index (χ0n) is 52.6. The van der Waals surface area contributed by atoms with Crippen LogP contribution in [0.3, 0.4) is 0 Å².